The van der Waals surface area contributed by atoms with E-state index in [1.165, 1.54) is 19.2 Å². The minimum atomic E-state index is -1.53. The maximum absolute atomic E-state index is 12.4. The minimum Gasteiger partial charge on any atom is -0.468 e. The summed E-state index contributed by atoms with van der Waals surface area (Å²) < 4.78 is 25.1. The number of carbonyl (C=O) groups excluding carboxylic acids is 4. The number of esters is 3. The van der Waals surface area contributed by atoms with E-state index in [0.29, 0.717) is 12.0 Å². The molecule has 10 heteroatoms. The van der Waals surface area contributed by atoms with Crippen LogP contribution in [0.15, 0.2) is 18.2 Å². The molecular formula is C22H31NO9. The van der Waals surface area contributed by atoms with Crippen molar-refractivity contribution >= 4 is 24.1 Å². The van der Waals surface area contributed by atoms with Gasteiger partial charge in [0.2, 0.25) is 0 Å². The van der Waals surface area contributed by atoms with E-state index < -0.39 is 29.6 Å². The summed E-state index contributed by atoms with van der Waals surface area (Å²) in [5.74, 6) is -1.63. The van der Waals surface area contributed by atoms with Crippen molar-refractivity contribution in [1.29, 1.82) is 0 Å². The van der Waals surface area contributed by atoms with Gasteiger partial charge in [0.1, 0.15) is 5.54 Å². The van der Waals surface area contributed by atoms with Crippen LogP contribution in [0.2, 0.25) is 0 Å². The van der Waals surface area contributed by atoms with Crippen molar-refractivity contribution in [2.75, 3.05) is 20.3 Å². The fraction of sp³-hybridized carbons (Fsp3) is 0.545. The molecule has 10 nitrogen and oxygen atoms in total. The Hall–Kier alpha value is -3.14. The van der Waals surface area contributed by atoms with Gasteiger partial charge in [-0.1, -0.05) is 26.8 Å². The molecule has 178 valence electrons. The molecule has 32 heavy (non-hydrogen) atoms. The summed E-state index contributed by atoms with van der Waals surface area (Å²) in [7, 11) is 1.20. The number of hydrogen-bond donors (Lipinski definition) is 1. The molecule has 0 saturated heterocycles. The summed E-state index contributed by atoms with van der Waals surface area (Å²) in [6.45, 7) is 5.15. The second-order valence-corrected chi connectivity index (χ2v) is 6.96. The zero-order chi connectivity index (χ0) is 24.1. The predicted molar refractivity (Wildman–Crippen MR) is 113 cm³/mol. The van der Waals surface area contributed by atoms with Crippen LogP contribution in [0.25, 0.3) is 0 Å². The first-order valence-corrected chi connectivity index (χ1v) is 10.4. The fourth-order valence-electron chi connectivity index (χ4n) is 2.59. The molecule has 0 bridgehead atoms. The lowest BCUT2D eigenvalue weighted by molar-refractivity contribution is -0.147. The average molecular weight is 453 g/mol. The zero-order valence-electron chi connectivity index (χ0n) is 18.9. The molecular weight excluding hydrogens is 422 g/mol. The van der Waals surface area contributed by atoms with E-state index in [1.54, 1.807) is 19.9 Å². The molecule has 0 aliphatic heterocycles. The van der Waals surface area contributed by atoms with E-state index >= 15 is 0 Å². The van der Waals surface area contributed by atoms with E-state index in [9.17, 15) is 19.2 Å². The third kappa shape index (κ3) is 8.54. The van der Waals surface area contributed by atoms with Gasteiger partial charge >= 0.3 is 24.1 Å². The van der Waals surface area contributed by atoms with Gasteiger partial charge in [-0.15, -0.1) is 0 Å². The maximum Gasteiger partial charge on any atom is 0.508 e. The molecule has 1 aromatic rings. The molecule has 0 amide bonds. The molecule has 0 fully saturated rings. The number of ether oxygens (including phenoxy) is 5. The Balaban J connectivity index is 3.05. The Labute approximate surface area is 187 Å². The van der Waals surface area contributed by atoms with Crippen LogP contribution in [-0.4, -0.2) is 49.9 Å². The Bertz CT molecular complexity index is 809. The molecule has 1 rings (SSSR count). The van der Waals surface area contributed by atoms with Crippen LogP contribution in [0.5, 0.6) is 11.5 Å². The summed E-state index contributed by atoms with van der Waals surface area (Å²) in [5.41, 5.74) is 5.27. The van der Waals surface area contributed by atoms with E-state index in [2.05, 4.69) is 0 Å². The Morgan fingerprint density at radius 3 is 2.06 bits per heavy atom. The molecule has 0 radical (unpaired) electrons. The minimum absolute atomic E-state index is 0.0221. The highest BCUT2D eigenvalue weighted by Gasteiger charge is 2.36. The Morgan fingerprint density at radius 1 is 0.906 bits per heavy atom. The summed E-state index contributed by atoms with van der Waals surface area (Å²) in [6, 6.07) is 4.51. The largest absolute Gasteiger partial charge is 0.508 e. The van der Waals surface area contributed by atoms with Crippen LogP contribution < -0.4 is 15.2 Å². The number of methoxy groups -OCH3 is 1. The molecule has 0 aliphatic carbocycles. The summed E-state index contributed by atoms with van der Waals surface area (Å²) in [5, 5.41) is 0. The highest BCUT2D eigenvalue weighted by molar-refractivity contribution is 5.81. The average Bonchev–Trinajstić information content (AvgIpc) is 2.78. The standard InChI is InChI=1S/C22H31NO9/c1-5-11-29-21(27)30-12-10-22(23,20(26)28-4)14-15-8-9-16(31-18(24)6-2)17(13-15)32-19(25)7-3/h8-9,13H,5-7,10-12,14,23H2,1-4H3/t22-/m1/s1. The summed E-state index contributed by atoms with van der Waals surface area (Å²) >= 11 is 0. The molecule has 0 spiro atoms. The fourth-order valence-corrected chi connectivity index (χ4v) is 2.59. The highest BCUT2D eigenvalue weighted by Crippen LogP contribution is 2.31. The molecule has 0 heterocycles. The third-order valence-corrected chi connectivity index (χ3v) is 4.34. The van der Waals surface area contributed by atoms with Gasteiger partial charge in [-0.2, -0.15) is 0 Å². The molecule has 2 N–H and O–H groups in total. The van der Waals surface area contributed by atoms with Gasteiger partial charge in [0, 0.05) is 25.7 Å². The number of hydrogen-bond acceptors (Lipinski definition) is 10. The van der Waals surface area contributed by atoms with E-state index in [-0.39, 0.29) is 50.4 Å². The second kappa shape index (κ2) is 13.3. The molecule has 0 aromatic heterocycles. The van der Waals surface area contributed by atoms with Crippen molar-refractivity contribution in [2.45, 2.75) is 58.4 Å². The van der Waals surface area contributed by atoms with Crippen LogP contribution in [-0.2, 0) is 35.0 Å². The van der Waals surface area contributed by atoms with Crippen molar-refractivity contribution in [3.05, 3.63) is 23.8 Å². The van der Waals surface area contributed by atoms with E-state index in [4.69, 9.17) is 29.4 Å². The SMILES string of the molecule is CCCOC(=O)OCC[C@@](N)(Cc1ccc(OC(=O)CC)c(OC(=O)CC)c1)C(=O)OC. The monoisotopic (exact) mass is 453 g/mol. The van der Waals surface area contributed by atoms with Crippen LogP contribution in [0.3, 0.4) is 0 Å². The zero-order valence-corrected chi connectivity index (χ0v) is 18.9. The smallest absolute Gasteiger partial charge is 0.468 e. The highest BCUT2D eigenvalue weighted by atomic mass is 16.7. The molecule has 0 unspecified atom stereocenters. The summed E-state index contributed by atoms with van der Waals surface area (Å²) in [4.78, 5) is 47.4. The molecule has 1 aromatic carbocycles. The van der Waals surface area contributed by atoms with Gasteiger partial charge in [0.05, 0.1) is 20.3 Å². The van der Waals surface area contributed by atoms with Gasteiger partial charge in [-0.25, -0.2) is 4.79 Å². The first-order chi connectivity index (χ1) is 15.2. The Morgan fingerprint density at radius 2 is 1.50 bits per heavy atom. The molecule has 0 saturated carbocycles. The lowest BCUT2D eigenvalue weighted by Gasteiger charge is -2.26. The van der Waals surface area contributed by atoms with E-state index in [1.807, 2.05) is 6.92 Å². The van der Waals surface area contributed by atoms with Crippen molar-refractivity contribution < 1.29 is 42.9 Å². The lowest BCUT2D eigenvalue weighted by Crippen LogP contribution is -2.51. The molecule has 0 aliphatic rings. The number of benzene rings is 1. The second-order valence-electron chi connectivity index (χ2n) is 6.96. The van der Waals surface area contributed by atoms with Crippen LogP contribution in [0.1, 0.15) is 52.0 Å². The van der Waals surface area contributed by atoms with Gasteiger partial charge in [-0.05, 0) is 24.1 Å². The van der Waals surface area contributed by atoms with Gasteiger partial charge in [-0.3, -0.25) is 14.4 Å². The Kier molecular flexibility index (Phi) is 11.2. The maximum atomic E-state index is 12.4. The topological polar surface area (TPSA) is 140 Å². The van der Waals surface area contributed by atoms with Gasteiger partial charge < -0.3 is 29.4 Å². The molecule has 1 atom stereocenters. The first-order valence-electron chi connectivity index (χ1n) is 10.4. The third-order valence-electron chi connectivity index (χ3n) is 4.34. The number of carbonyl (C=O) groups is 4. The van der Waals surface area contributed by atoms with Crippen molar-refractivity contribution in [3.63, 3.8) is 0 Å². The quantitative estimate of drug-likeness (QED) is 0.371. The van der Waals surface area contributed by atoms with Crippen LogP contribution >= 0.6 is 0 Å². The normalized spacial score (nSPS) is 12.3. The van der Waals surface area contributed by atoms with Gasteiger partial charge in [0.25, 0.3) is 0 Å². The number of rotatable bonds is 12. The van der Waals surface area contributed by atoms with Crippen LogP contribution in [0.4, 0.5) is 4.79 Å². The van der Waals surface area contributed by atoms with Crippen molar-refractivity contribution in [2.24, 2.45) is 5.73 Å². The van der Waals surface area contributed by atoms with Crippen molar-refractivity contribution in [3.8, 4) is 11.5 Å². The summed E-state index contributed by atoms with van der Waals surface area (Å²) in [6.07, 6.45) is -0.0250. The van der Waals surface area contributed by atoms with Gasteiger partial charge in [0.15, 0.2) is 11.5 Å². The predicted octanol–water partition coefficient (Wildman–Crippen LogP) is 2.68. The van der Waals surface area contributed by atoms with Crippen molar-refractivity contribution in [1.82, 2.24) is 0 Å². The lowest BCUT2D eigenvalue weighted by atomic mass is 9.88. The first kappa shape index (κ1) is 26.9. The van der Waals surface area contributed by atoms with Crippen LogP contribution in [0, 0.1) is 0 Å². The van der Waals surface area contributed by atoms with E-state index in [0.717, 1.165) is 0 Å². The number of nitrogens with two attached hydrogens (primary N) is 1.